The largest absolute Gasteiger partial charge is 0.475 e. The summed E-state index contributed by atoms with van der Waals surface area (Å²) in [5.74, 6) is 0.0869. The third-order valence-electron chi connectivity index (χ3n) is 4.95. The van der Waals surface area contributed by atoms with Crippen LogP contribution in [0, 0.1) is 0 Å². The van der Waals surface area contributed by atoms with Crippen molar-refractivity contribution in [2.45, 2.75) is 38.2 Å². The van der Waals surface area contributed by atoms with Gasteiger partial charge in [-0.15, -0.1) is 0 Å². The number of aromatic nitrogens is 3. The molecule has 0 saturated heterocycles. The molecule has 0 saturated carbocycles. The molecule has 0 radical (unpaired) electrons. The highest BCUT2D eigenvalue weighted by Gasteiger charge is 2.25. The molecule has 0 bridgehead atoms. The SMILES string of the molecule is NCCCCC(NC(=O)Cn1nc(-c2ccccc2)nc1Cc1ccccc1)B(O)O. The number of hydrogen-bond donors (Lipinski definition) is 4. The van der Waals surface area contributed by atoms with Crippen molar-refractivity contribution in [1.29, 1.82) is 0 Å². The number of carbonyl (C=O) groups excluding carboxylic acids is 1. The molecule has 31 heavy (non-hydrogen) atoms. The molecule has 1 heterocycles. The van der Waals surface area contributed by atoms with Crippen LogP contribution in [0.4, 0.5) is 0 Å². The van der Waals surface area contributed by atoms with Crippen LogP contribution in [-0.2, 0) is 17.8 Å². The van der Waals surface area contributed by atoms with Crippen molar-refractivity contribution in [2.24, 2.45) is 5.73 Å². The van der Waals surface area contributed by atoms with E-state index in [1.165, 1.54) is 0 Å². The molecule has 2 aromatic carbocycles. The number of unbranched alkanes of at least 4 members (excludes halogenated alkanes) is 1. The summed E-state index contributed by atoms with van der Waals surface area (Å²) in [6.07, 6.45) is 2.41. The van der Waals surface area contributed by atoms with E-state index < -0.39 is 13.1 Å². The molecule has 0 fully saturated rings. The summed E-state index contributed by atoms with van der Waals surface area (Å²) in [6.45, 7) is 0.453. The van der Waals surface area contributed by atoms with Crippen molar-refractivity contribution < 1.29 is 14.8 Å². The van der Waals surface area contributed by atoms with Crippen LogP contribution in [0.2, 0.25) is 0 Å². The van der Waals surface area contributed by atoms with Crippen LogP contribution in [0.25, 0.3) is 11.4 Å². The topological polar surface area (TPSA) is 126 Å². The molecule has 3 rings (SSSR count). The number of nitrogens with zero attached hydrogens (tertiary/aromatic N) is 3. The Morgan fingerprint density at radius 3 is 2.39 bits per heavy atom. The summed E-state index contributed by atoms with van der Waals surface area (Å²) < 4.78 is 1.57. The molecule has 0 aliphatic rings. The van der Waals surface area contributed by atoms with Gasteiger partial charge in [0.05, 0.1) is 5.94 Å². The predicted molar refractivity (Wildman–Crippen MR) is 120 cm³/mol. The van der Waals surface area contributed by atoms with E-state index >= 15 is 0 Å². The van der Waals surface area contributed by atoms with Gasteiger partial charge in [0.15, 0.2) is 5.82 Å². The lowest BCUT2D eigenvalue weighted by Crippen LogP contribution is -2.47. The van der Waals surface area contributed by atoms with Crippen LogP contribution in [0.5, 0.6) is 0 Å². The summed E-state index contributed by atoms with van der Waals surface area (Å²) in [5.41, 5.74) is 7.41. The first-order valence-corrected chi connectivity index (χ1v) is 10.5. The van der Waals surface area contributed by atoms with Gasteiger partial charge in [-0.05, 0) is 24.9 Å². The van der Waals surface area contributed by atoms with Crippen molar-refractivity contribution in [3.05, 3.63) is 72.1 Å². The van der Waals surface area contributed by atoms with Crippen molar-refractivity contribution in [3.8, 4) is 11.4 Å². The Hall–Kier alpha value is -3.01. The van der Waals surface area contributed by atoms with Gasteiger partial charge in [-0.3, -0.25) is 4.79 Å². The van der Waals surface area contributed by atoms with Gasteiger partial charge in [0.2, 0.25) is 5.91 Å². The van der Waals surface area contributed by atoms with Crippen molar-refractivity contribution in [1.82, 2.24) is 20.1 Å². The summed E-state index contributed by atoms with van der Waals surface area (Å²) in [6, 6.07) is 19.4. The van der Waals surface area contributed by atoms with Crippen molar-refractivity contribution in [2.75, 3.05) is 6.54 Å². The monoisotopic (exact) mass is 421 g/mol. The molecular formula is C22H28BN5O3. The molecule has 0 aliphatic carbocycles. The van der Waals surface area contributed by atoms with Crippen LogP contribution in [0.1, 0.15) is 30.7 Å². The molecule has 1 aromatic heterocycles. The van der Waals surface area contributed by atoms with Gasteiger partial charge in [-0.1, -0.05) is 67.1 Å². The Kier molecular flexibility index (Phi) is 8.34. The first kappa shape index (κ1) is 22.7. The Morgan fingerprint density at radius 1 is 1.06 bits per heavy atom. The molecule has 162 valence electrons. The van der Waals surface area contributed by atoms with E-state index in [0.717, 1.165) is 17.5 Å². The second-order valence-corrected chi connectivity index (χ2v) is 7.41. The first-order chi connectivity index (χ1) is 15.1. The average molecular weight is 421 g/mol. The minimum Gasteiger partial charge on any atom is -0.426 e. The maximum Gasteiger partial charge on any atom is 0.475 e. The van der Waals surface area contributed by atoms with E-state index in [1.54, 1.807) is 4.68 Å². The fourth-order valence-corrected chi connectivity index (χ4v) is 3.31. The predicted octanol–water partition coefficient (Wildman–Crippen LogP) is 1.16. The fourth-order valence-electron chi connectivity index (χ4n) is 3.31. The lowest BCUT2D eigenvalue weighted by molar-refractivity contribution is -0.122. The molecule has 1 atom stereocenters. The lowest BCUT2D eigenvalue weighted by atomic mass is 9.76. The molecule has 5 N–H and O–H groups in total. The molecule has 3 aromatic rings. The third-order valence-corrected chi connectivity index (χ3v) is 4.95. The number of nitrogens with one attached hydrogen (secondary N) is 1. The number of carbonyl (C=O) groups is 1. The van der Waals surface area contributed by atoms with Gasteiger partial charge in [0.1, 0.15) is 12.4 Å². The Labute approximate surface area is 182 Å². The zero-order valence-corrected chi connectivity index (χ0v) is 17.4. The van der Waals surface area contributed by atoms with E-state index in [9.17, 15) is 14.8 Å². The summed E-state index contributed by atoms with van der Waals surface area (Å²) in [5, 5.41) is 26.4. The second kappa shape index (κ2) is 11.4. The Bertz CT molecular complexity index is 950. The lowest BCUT2D eigenvalue weighted by Gasteiger charge is -2.18. The number of amides is 1. The fraction of sp³-hybridized carbons (Fsp3) is 0.318. The van der Waals surface area contributed by atoms with Gasteiger partial charge in [0.25, 0.3) is 0 Å². The van der Waals surface area contributed by atoms with Crippen molar-refractivity contribution in [3.63, 3.8) is 0 Å². The maximum absolute atomic E-state index is 12.7. The Morgan fingerprint density at radius 2 is 1.74 bits per heavy atom. The first-order valence-electron chi connectivity index (χ1n) is 10.5. The highest BCUT2D eigenvalue weighted by atomic mass is 16.4. The van der Waals surface area contributed by atoms with Crippen molar-refractivity contribution >= 4 is 13.0 Å². The zero-order chi connectivity index (χ0) is 22.1. The number of nitrogens with two attached hydrogens (primary N) is 1. The highest BCUT2D eigenvalue weighted by molar-refractivity contribution is 6.43. The molecule has 0 aliphatic heterocycles. The molecule has 9 heteroatoms. The maximum atomic E-state index is 12.7. The second-order valence-electron chi connectivity index (χ2n) is 7.41. The van der Waals surface area contributed by atoms with E-state index in [4.69, 9.17) is 5.73 Å². The summed E-state index contributed by atoms with van der Waals surface area (Å²) >= 11 is 0. The van der Waals surface area contributed by atoms with Crippen LogP contribution in [0.3, 0.4) is 0 Å². The zero-order valence-electron chi connectivity index (χ0n) is 17.4. The number of benzene rings is 2. The standard InChI is InChI=1S/C22H28BN5O3/c24-14-8-7-13-19(23(30)31)25-21(29)16-28-20(15-17-9-3-1-4-10-17)26-22(27-28)18-11-5-2-6-12-18/h1-6,9-12,19,30-31H,7-8,13-16,24H2,(H,25,29). The normalized spacial score (nSPS) is 11.8. The smallest absolute Gasteiger partial charge is 0.426 e. The van der Waals surface area contributed by atoms with E-state index in [0.29, 0.717) is 37.5 Å². The van der Waals surface area contributed by atoms with Crippen LogP contribution < -0.4 is 11.1 Å². The highest BCUT2D eigenvalue weighted by Crippen LogP contribution is 2.17. The summed E-state index contributed by atoms with van der Waals surface area (Å²) in [4.78, 5) is 17.3. The summed E-state index contributed by atoms with van der Waals surface area (Å²) in [7, 11) is -1.64. The molecule has 0 spiro atoms. The van der Waals surface area contributed by atoms with E-state index in [1.807, 2.05) is 60.7 Å². The minimum absolute atomic E-state index is 0.0674. The van der Waals surface area contributed by atoms with Crippen LogP contribution >= 0.6 is 0 Å². The Balaban J connectivity index is 1.77. The quantitative estimate of drug-likeness (QED) is 0.272. The molecule has 1 amide bonds. The van der Waals surface area contributed by atoms with Gasteiger partial charge < -0.3 is 21.1 Å². The average Bonchev–Trinajstić information content (AvgIpc) is 3.16. The van der Waals surface area contributed by atoms with E-state index in [-0.39, 0.29) is 12.5 Å². The molecular weight excluding hydrogens is 393 g/mol. The minimum atomic E-state index is -1.64. The number of rotatable bonds is 11. The number of hydrogen-bond acceptors (Lipinski definition) is 6. The van der Waals surface area contributed by atoms with Gasteiger partial charge in [0, 0.05) is 12.0 Å². The van der Waals surface area contributed by atoms with Gasteiger partial charge in [-0.25, -0.2) is 9.67 Å². The van der Waals surface area contributed by atoms with E-state index in [2.05, 4.69) is 15.4 Å². The van der Waals surface area contributed by atoms with Crippen LogP contribution in [-0.4, -0.2) is 50.3 Å². The van der Waals surface area contributed by atoms with Gasteiger partial charge >= 0.3 is 7.12 Å². The molecule has 8 nitrogen and oxygen atoms in total. The molecule has 1 unspecified atom stereocenters. The third kappa shape index (κ3) is 6.75. The van der Waals surface area contributed by atoms with Gasteiger partial charge in [-0.2, -0.15) is 5.10 Å². The van der Waals surface area contributed by atoms with Crippen LogP contribution in [0.15, 0.2) is 60.7 Å².